The number of nitrogens with one attached hydrogen (secondary N) is 1. The summed E-state index contributed by atoms with van der Waals surface area (Å²) in [4.78, 5) is 54.3. The molecule has 0 amide bonds. The summed E-state index contributed by atoms with van der Waals surface area (Å²) in [5.41, 5.74) is -0.334. The summed E-state index contributed by atoms with van der Waals surface area (Å²) in [6.07, 6.45) is -4.71. The third-order valence-electron chi connectivity index (χ3n) is 4.13. The molecule has 3 heterocycles. The molecule has 2 aromatic rings. The first-order valence-corrected chi connectivity index (χ1v) is 13.0. The average Bonchev–Trinajstić information content (AvgIpc) is 3.12. The lowest BCUT2D eigenvalue weighted by Gasteiger charge is -2.19. The van der Waals surface area contributed by atoms with Crippen molar-refractivity contribution < 1.29 is 61.4 Å². The highest BCUT2D eigenvalue weighted by Crippen LogP contribution is 2.66. The lowest BCUT2D eigenvalue weighted by Crippen LogP contribution is -2.33. The number of phosphoric ester groups is 1. The van der Waals surface area contributed by atoms with Crippen molar-refractivity contribution in [2.24, 2.45) is 0 Å². The van der Waals surface area contributed by atoms with Crippen LogP contribution in [0.25, 0.3) is 11.0 Å². The number of aromatic nitrogens is 3. The van der Waals surface area contributed by atoms with E-state index < -0.39 is 60.2 Å². The Morgan fingerprint density at radius 2 is 1.78 bits per heavy atom. The van der Waals surface area contributed by atoms with Gasteiger partial charge >= 0.3 is 23.5 Å². The summed E-state index contributed by atoms with van der Waals surface area (Å²) in [6.45, 7) is 0.551. The van der Waals surface area contributed by atoms with E-state index in [1.807, 2.05) is 0 Å². The maximum atomic E-state index is 12.0. The van der Waals surface area contributed by atoms with E-state index in [1.165, 1.54) is 23.8 Å². The first-order valence-electron chi connectivity index (χ1n) is 8.46. The van der Waals surface area contributed by atoms with Gasteiger partial charge in [-0.1, -0.05) is 0 Å². The van der Waals surface area contributed by atoms with Crippen LogP contribution in [-0.4, -0.2) is 69.2 Å². The lowest BCUT2D eigenvalue weighted by atomic mass is 10.1. The van der Waals surface area contributed by atoms with Crippen LogP contribution in [0.4, 0.5) is 0 Å². The minimum Gasteiger partial charge on any atom is -0.387 e. The number of phosphoric acid groups is 3. The van der Waals surface area contributed by atoms with Crippen LogP contribution in [0.3, 0.4) is 0 Å². The van der Waals surface area contributed by atoms with Crippen molar-refractivity contribution in [1.29, 1.82) is 0 Å². The first-order chi connectivity index (χ1) is 14.6. The van der Waals surface area contributed by atoms with Gasteiger partial charge in [0.2, 0.25) is 0 Å². The summed E-state index contributed by atoms with van der Waals surface area (Å²) in [6, 6.07) is 1.39. The zero-order valence-electron chi connectivity index (χ0n) is 15.9. The number of rotatable bonds is 8. The van der Waals surface area contributed by atoms with Crippen LogP contribution in [-0.2, 0) is 31.6 Å². The number of aromatic amines is 1. The smallest absolute Gasteiger partial charge is 0.387 e. The zero-order chi connectivity index (χ0) is 24.1. The monoisotopic (exact) mass is 521 g/mol. The molecule has 1 fully saturated rings. The molecule has 0 radical (unpaired) electrons. The van der Waals surface area contributed by atoms with Crippen molar-refractivity contribution in [3.05, 3.63) is 28.4 Å². The molecule has 0 bridgehead atoms. The summed E-state index contributed by atoms with van der Waals surface area (Å²) < 4.78 is 52.0. The number of aryl methyl sites for hydroxylation is 1. The molecule has 0 spiro atoms. The standard InChI is InChI=1S/C12H18N3O14P3/c1-5-13-10-6(11(18)14-5)2-3-15(10)12-9(17)8(16)7(27-12)4-26-31(22,23)29-32(24,25)28-30(19,20)21/h2-3,7-9,12,16-17H,4H2,1H3,(H,22,23)(H,24,25)(H,13,14,18)(H2,19,20,21). The molecule has 6 atom stereocenters. The Morgan fingerprint density at radius 1 is 1.12 bits per heavy atom. The second kappa shape index (κ2) is 8.81. The maximum absolute atomic E-state index is 12.0. The molecule has 32 heavy (non-hydrogen) atoms. The number of nitrogens with zero attached hydrogens (tertiary/aromatic N) is 2. The summed E-state index contributed by atoms with van der Waals surface area (Å²) in [7, 11) is -16.7. The van der Waals surface area contributed by atoms with Crippen LogP contribution in [0.2, 0.25) is 0 Å². The maximum Gasteiger partial charge on any atom is 0.490 e. The topological polar surface area (TPSA) is 260 Å². The van der Waals surface area contributed by atoms with E-state index >= 15 is 0 Å². The van der Waals surface area contributed by atoms with Crippen molar-refractivity contribution in [2.45, 2.75) is 31.5 Å². The van der Waals surface area contributed by atoms with Crippen molar-refractivity contribution in [3.8, 4) is 0 Å². The number of ether oxygens (including phenoxy) is 1. The molecule has 1 aliphatic rings. The molecule has 180 valence electrons. The molecule has 20 heteroatoms. The largest absolute Gasteiger partial charge is 0.490 e. The average molecular weight is 521 g/mol. The second-order valence-corrected chi connectivity index (χ2v) is 11.0. The van der Waals surface area contributed by atoms with Gasteiger partial charge in [-0.05, 0) is 13.0 Å². The number of H-pyrrole nitrogens is 1. The Bertz CT molecular complexity index is 1200. The zero-order valence-corrected chi connectivity index (χ0v) is 18.5. The van der Waals surface area contributed by atoms with Crippen molar-refractivity contribution in [1.82, 2.24) is 14.5 Å². The fraction of sp³-hybridized carbons (Fsp3) is 0.500. The van der Waals surface area contributed by atoms with Crippen LogP contribution in [0.5, 0.6) is 0 Å². The molecule has 7 N–H and O–H groups in total. The number of hydrogen-bond donors (Lipinski definition) is 7. The summed E-state index contributed by atoms with van der Waals surface area (Å²) in [5, 5.41) is 20.7. The van der Waals surface area contributed by atoms with Gasteiger partial charge in [0.25, 0.3) is 5.56 Å². The third-order valence-corrected chi connectivity index (χ3v) is 7.93. The quantitative estimate of drug-likeness (QED) is 0.205. The van der Waals surface area contributed by atoms with Gasteiger partial charge in [-0.15, -0.1) is 0 Å². The van der Waals surface area contributed by atoms with E-state index in [4.69, 9.17) is 19.4 Å². The number of aliphatic hydroxyl groups is 2. The Hall–Kier alpha value is -1.29. The van der Waals surface area contributed by atoms with E-state index in [2.05, 4.69) is 23.1 Å². The highest BCUT2D eigenvalue weighted by molar-refractivity contribution is 7.66. The van der Waals surface area contributed by atoms with Gasteiger partial charge < -0.3 is 44.1 Å². The minimum absolute atomic E-state index is 0.121. The van der Waals surface area contributed by atoms with E-state index in [9.17, 15) is 33.6 Å². The van der Waals surface area contributed by atoms with E-state index in [0.29, 0.717) is 0 Å². The van der Waals surface area contributed by atoms with Crippen LogP contribution in [0, 0.1) is 6.92 Å². The van der Waals surface area contributed by atoms with E-state index in [0.717, 1.165) is 0 Å². The van der Waals surface area contributed by atoms with Gasteiger partial charge in [-0.25, -0.2) is 18.7 Å². The van der Waals surface area contributed by atoms with E-state index in [-0.39, 0.29) is 16.9 Å². The van der Waals surface area contributed by atoms with Gasteiger partial charge in [0.1, 0.15) is 29.8 Å². The first kappa shape index (κ1) is 25.3. The molecule has 17 nitrogen and oxygen atoms in total. The third kappa shape index (κ3) is 5.79. The van der Waals surface area contributed by atoms with Gasteiger partial charge in [-0.2, -0.15) is 8.62 Å². The Morgan fingerprint density at radius 3 is 2.41 bits per heavy atom. The number of aliphatic hydroxyl groups excluding tert-OH is 2. The highest BCUT2D eigenvalue weighted by atomic mass is 31.3. The fourth-order valence-electron chi connectivity index (χ4n) is 2.93. The fourth-order valence-corrected chi connectivity index (χ4v) is 5.96. The molecule has 2 aromatic heterocycles. The predicted molar refractivity (Wildman–Crippen MR) is 101 cm³/mol. The van der Waals surface area contributed by atoms with Gasteiger partial charge in [0, 0.05) is 6.20 Å². The Balaban J connectivity index is 1.72. The lowest BCUT2D eigenvalue weighted by molar-refractivity contribution is -0.0500. The summed E-state index contributed by atoms with van der Waals surface area (Å²) >= 11 is 0. The van der Waals surface area contributed by atoms with Crippen molar-refractivity contribution in [3.63, 3.8) is 0 Å². The van der Waals surface area contributed by atoms with Crippen LogP contribution in [0.1, 0.15) is 12.1 Å². The van der Waals surface area contributed by atoms with Crippen LogP contribution < -0.4 is 5.56 Å². The number of fused-ring (bicyclic) bond motifs is 1. The predicted octanol–water partition coefficient (Wildman–Crippen LogP) is -1.00. The normalized spacial score (nSPS) is 28.0. The molecular formula is C12H18N3O14P3. The number of hydrogen-bond acceptors (Lipinski definition) is 11. The molecule has 0 aliphatic carbocycles. The van der Waals surface area contributed by atoms with Crippen molar-refractivity contribution in [2.75, 3.05) is 6.61 Å². The minimum atomic E-state index is -5.71. The van der Waals surface area contributed by atoms with Gasteiger partial charge in [0.05, 0.1) is 12.0 Å². The SMILES string of the molecule is Cc1nc2c(ccn2C2OC(COP(=O)(O)OP(=O)(O)OP(=O)(O)O)C(O)C2O)c(=O)[nH]1. The van der Waals surface area contributed by atoms with Gasteiger partial charge in [0.15, 0.2) is 6.23 Å². The highest BCUT2D eigenvalue weighted by Gasteiger charge is 2.46. The van der Waals surface area contributed by atoms with Crippen molar-refractivity contribution >= 4 is 34.5 Å². The Labute approximate surface area is 177 Å². The molecule has 6 unspecified atom stereocenters. The summed E-state index contributed by atoms with van der Waals surface area (Å²) in [5.74, 6) is 0.264. The molecule has 1 aliphatic heterocycles. The molecular weight excluding hydrogens is 503 g/mol. The molecule has 0 saturated carbocycles. The van der Waals surface area contributed by atoms with E-state index in [1.54, 1.807) is 0 Å². The van der Waals surface area contributed by atoms with Gasteiger partial charge in [-0.3, -0.25) is 9.32 Å². The molecule has 3 rings (SSSR count). The van der Waals surface area contributed by atoms with Crippen LogP contribution >= 0.6 is 23.5 Å². The second-order valence-electron chi connectivity index (χ2n) is 6.54. The molecule has 1 saturated heterocycles. The molecule has 0 aromatic carbocycles. The van der Waals surface area contributed by atoms with Crippen LogP contribution in [0.15, 0.2) is 17.1 Å². The Kier molecular flexibility index (Phi) is 6.98.